The topological polar surface area (TPSA) is 54.4 Å². The minimum Gasteiger partial charge on any atom is -0.355 e. The van der Waals surface area contributed by atoms with Gasteiger partial charge >= 0.3 is 0 Å². The second-order valence-corrected chi connectivity index (χ2v) is 8.29. The van der Waals surface area contributed by atoms with Crippen molar-refractivity contribution in [2.75, 3.05) is 6.54 Å². The lowest BCUT2D eigenvalue weighted by Gasteiger charge is -2.19. The molecular formula is C23H31N2O2+. The molecule has 0 bridgehead atoms. The molecule has 1 heterocycles. The Kier molecular flexibility index (Phi) is 5.66. The molecule has 4 heteroatoms. The van der Waals surface area contributed by atoms with Crippen molar-refractivity contribution in [3.05, 3.63) is 57.9 Å². The molecule has 1 unspecified atom stereocenters. The third-order valence-electron chi connectivity index (χ3n) is 5.69. The number of hydrogen-bond donors (Lipinski definition) is 2. The van der Waals surface area contributed by atoms with Crippen LogP contribution in [0.25, 0.3) is 0 Å². The standard InChI is InChI=1S/C23H30N2O2/c1-14(2)19-8-6-18(7-9-19)12-25(20-10-11-20)13-21(27)23-15(3)22(17(5)26)16(4)24-23/h6-9,14,20,24H,10-13H2,1-5H3/p+1. The number of Topliss-reactive ketones (excluding diaryl/α,β-unsaturated/α-hetero) is 2. The number of hydrogen-bond acceptors (Lipinski definition) is 2. The second-order valence-electron chi connectivity index (χ2n) is 8.29. The molecule has 27 heavy (non-hydrogen) atoms. The Morgan fingerprint density at radius 3 is 2.26 bits per heavy atom. The molecule has 0 saturated heterocycles. The molecule has 1 aliphatic rings. The van der Waals surface area contributed by atoms with Gasteiger partial charge in [0.25, 0.3) is 0 Å². The van der Waals surface area contributed by atoms with Gasteiger partial charge in [0.1, 0.15) is 13.1 Å². The first-order valence-electron chi connectivity index (χ1n) is 9.94. The maximum Gasteiger partial charge on any atom is 0.233 e. The smallest absolute Gasteiger partial charge is 0.233 e. The van der Waals surface area contributed by atoms with E-state index in [9.17, 15) is 9.59 Å². The van der Waals surface area contributed by atoms with E-state index in [1.807, 2.05) is 13.8 Å². The molecular weight excluding hydrogens is 336 g/mol. The molecule has 0 spiro atoms. The SMILES string of the molecule is CC(=O)c1c(C)[nH]c(C(=O)C[NH+](Cc2ccc(C(C)C)cc2)C2CC2)c1C. The molecule has 1 aliphatic carbocycles. The summed E-state index contributed by atoms with van der Waals surface area (Å²) in [6, 6.07) is 9.36. The van der Waals surface area contributed by atoms with Gasteiger partial charge in [-0.3, -0.25) is 9.59 Å². The first-order chi connectivity index (χ1) is 12.8. The lowest BCUT2D eigenvalue weighted by Crippen LogP contribution is -3.13. The lowest BCUT2D eigenvalue weighted by molar-refractivity contribution is -0.916. The van der Waals surface area contributed by atoms with Gasteiger partial charge in [-0.25, -0.2) is 0 Å². The number of aryl methyl sites for hydroxylation is 1. The quantitative estimate of drug-likeness (QED) is 0.703. The van der Waals surface area contributed by atoms with Crippen molar-refractivity contribution < 1.29 is 14.5 Å². The van der Waals surface area contributed by atoms with Crippen LogP contribution in [0.2, 0.25) is 0 Å². The Hall–Kier alpha value is -2.20. The number of carbonyl (C=O) groups is 2. The van der Waals surface area contributed by atoms with Crippen LogP contribution in [0.1, 0.15) is 82.8 Å². The number of carbonyl (C=O) groups excluding carboxylic acids is 2. The number of nitrogens with one attached hydrogen (secondary N) is 2. The fraction of sp³-hybridized carbons (Fsp3) is 0.478. The van der Waals surface area contributed by atoms with E-state index in [4.69, 9.17) is 0 Å². The van der Waals surface area contributed by atoms with Gasteiger partial charge in [-0.1, -0.05) is 38.1 Å². The van der Waals surface area contributed by atoms with E-state index in [1.54, 1.807) is 6.92 Å². The minimum absolute atomic E-state index is 0.0111. The van der Waals surface area contributed by atoms with Gasteiger partial charge in [0.2, 0.25) is 5.78 Å². The van der Waals surface area contributed by atoms with Crippen molar-refractivity contribution in [2.24, 2.45) is 0 Å². The number of ketones is 2. The molecule has 144 valence electrons. The third-order valence-corrected chi connectivity index (χ3v) is 5.69. The van der Waals surface area contributed by atoms with Crippen molar-refractivity contribution in [1.82, 2.24) is 4.98 Å². The summed E-state index contributed by atoms with van der Waals surface area (Å²) in [6.45, 7) is 11.0. The number of aromatic nitrogens is 1. The summed E-state index contributed by atoms with van der Waals surface area (Å²) in [4.78, 5) is 29.3. The van der Waals surface area contributed by atoms with Crippen LogP contribution in [0.3, 0.4) is 0 Å². The molecule has 1 saturated carbocycles. The fourth-order valence-electron chi connectivity index (χ4n) is 3.98. The number of aromatic amines is 1. The van der Waals surface area contributed by atoms with Crippen LogP contribution in [0.15, 0.2) is 24.3 Å². The molecule has 1 atom stereocenters. The highest BCUT2D eigenvalue weighted by Crippen LogP contribution is 2.20. The Bertz CT molecular complexity index is 842. The molecule has 0 aliphatic heterocycles. The highest BCUT2D eigenvalue weighted by molar-refractivity contribution is 6.03. The van der Waals surface area contributed by atoms with E-state index in [0.717, 1.165) is 17.8 Å². The highest BCUT2D eigenvalue weighted by atomic mass is 16.1. The van der Waals surface area contributed by atoms with Crippen LogP contribution in [-0.2, 0) is 6.54 Å². The molecule has 1 aromatic carbocycles. The Labute approximate surface area is 162 Å². The number of H-pyrrole nitrogens is 1. The molecule has 2 N–H and O–H groups in total. The Morgan fingerprint density at radius 2 is 1.78 bits per heavy atom. The van der Waals surface area contributed by atoms with E-state index in [0.29, 0.717) is 29.8 Å². The highest BCUT2D eigenvalue weighted by Gasteiger charge is 2.35. The average Bonchev–Trinajstić information content (AvgIpc) is 3.39. The van der Waals surface area contributed by atoms with E-state index in [-0.39, 0.29) is 11.6 Å². The van der Waals surface area contributed by atoms with Gasteiger partial charge in [0.15, 0.2) is 5.78 Å². The van der Waals surface area contributed by atoms with Crippen molar-refractivity contribution in [2.45, 2.75) is 66.0 Å². The van der Waals surface area contributed by atoms with E-state index in [2.05, 4.69) is 43.1 Å². The van der Waals surface area contributed by atoms with Crippen molar-refractivity contribution in [3.63, 3.8) is 0 Å². The average molecular weight is 368 g/mol. The first kappa shape index (κ1) is 19.6. The van der Waals surface area contributed by atoms with Gasteiger partial charge in [-0.2, -0.15) is 0 Å². The summed E-state index contributed by atoms with van der Waals surface area (Å²) < 4.78 is 0. The van der Waals surface area contributed by atoms with E-state index >= 15 is 0 Å². The number of quaternary nitrogens is 1. The summed E-state index contributed by atoms with van der Waals surface area (Å²) in [6.07, 6.45) is 2.38. The van der Waals surface area contributed by atoms with Crippen LogP contribution in [0.5, 0.6) is 0 Å². The normalized spacial score (nSPS) is 15.2. The van der Waals surface area contributed by atoms with Gasteiger partial charge in [-0.05, 0) is 37.8 Å². The van der Waals surface area contributed by atoms with Crippen LogP contribution in [-0.4, -0.2) is 29.1 Å². The number of benzene rings is 1. The van der Waals surface area contributed by atoms with Crippen LogP contribution >= 0.6 is 0 Å². The zero-order valence-corrected chi connectivity index (χ0v) is 17.1. The fourth-order valence-corrected chi connectivity index (χ4v) is 3.98. The predicted octanol–water partition coefficient (Wildman–Crippen LogP) is 3.39. The molecule has 3 rings (SSSR count). The second kappa shape index (κ2) is 7.81. The van der Waals surface area contributed by atoms with Crippen LogP contribution in [0, 0.1) is 13.8 Å². The maximum absolute atomic E-state index is 13.0. The molecule has 4 nitrogen and oxygen atoms in total. The van der Waals surface area contributed by atoms with E-state index < -0.39 is 0 Å². The molecule has 1 aromatic heterocycles. The van der Waals surface area contributed by atoms with Crippen molar-refractivity contribution >= 4 is 11.6 Å². The minimum atomic E-state index is 0.0111. The maximum atomic E-state index is 13.0. The van der Waals surface area contributed by atoms with Crippen molar-refractivity contribution in [1.29, 1.82) is 0 Å². The lowest BCUT2D eigenvalue weighted by atomic mass is 10.0. The zero-order chi connectivity index (χ0) is 19.7. The van der Waals surface area contributed by atoms with Crippen LogP contribution < -0.4 is 4.90 Å². The van der Waals surface area contributed by atoms with E-state index in [1.165, 1.54) is 28.9 Å². The molecule has 2 aromatic rings. The van der Waals surface area contributed by atoms with Gasteiger partial charge in [-0.15, -0.1) is 0 Å². The first-order valence-corrected chi connectivity index (χ1v) is 9.94. The van der Waals surface area contributed by atoms with Crippen LogP contribution in [0.4, 0.5) is 0 Å². The molecule has 1 fully saturated rings. The van der Waals surface area contributed by atoms with Gasteiger partial charge in [0, 0.05) is 29.7 Å². The Balaban J connectivity index is 1.74. The zero-order valence-electron chi connectivity index (χ0n) is 17.1. The van der Waals surface area contributed by atoms with Crippen molar-refractivity contribution in [3.8, 4) is 0 Å². The monoisotopic (exact) mass is 367 g/mol. The predicted molar refractivity (Wildman–Crippen MR) is 108 cm³/mol. The molecule has 0 radical (unpaired) electrons. The Morgan fingerprint density at radius 1 is 1.15 bits per heavy atom. The van der Waals surface area contributed by atoms with Gasteiger partial charge < -0.3 is 9.88 Å². The summed E-state index contributed by atoms with van der Waals surface area (Å²) >= 11 is 0. The summed E-state index contributed by atoms with van der Waals surface area (Å²) in [5, 5.41) is 0. The largest absolute Gasteiger partial charge is 0.355 e. The van der Waals surface area contributed by atoms with Gasteiger partial charge in [0.05, 0.1) is 11.7 Å². The third kappa shape index (κ3) is 4.38. The molecule has 0 amide bonds. The summed E-state index contributed by atoms with van der Waals surface area (Å²) in [5.41, 5.74) is 5.47. The summed E-state index contributed by atoms with van der Waals surface area (Å²) in [5.74, 6) is 0.641. The summed E-state index contributed by atoms with van der Waals surface area (Å²) in [7, 11) is 0. The number of rotatable bonds is 8.